The minimum atomic E-state index is -0.880. The summed E-state index contributed by atoms with van der Waals surface area (Å²) < 4.78 is 32.6. The molecule has 0 aromatic heterocycles. The fraction of sp³-hybridized carbons (Fsp3) is 0.130. The predicted octanol–water partition coefficient (Wildman–Crippen LogP) is 5.89. The van der Waals surface area contributed by atoms with Crippen molar-refractivity contribution in [3.05, 3.63) is 94.0 Å². The van der Waals surface area contributed by atoms with Crippen molar-refractivity contribution in [3.8, 4) is 11.1 Å². The van der Waals surface area contributed by atoms with Gasteiger partial charge in [0.25, 0.3) is 0 Å². The van der Waals surface area contributed by atoms with E-state index < -0.39 is 29.0 Å². The Kier molecular flexibility index (Phi) is 6.39. The number of ether oxygens (including phenoxy) is 1. The lowest BCUT2D eigenvalue weighted by Gasteiger charge is -2.09. The predicted molar refractivity (Wildman–Crippen MR) is 107 cm³/mol. The van der Waals surface area contributed by atoms with Crippen molar-refractivity contribution < 1.29 is 23.1 Å². The highest BCUT2D eigenvalue weighted by Gasteiger charge is 2.17. The lowest BCUT2D eigenvalue weighted by atomic mass is 9.98. The third kappa shape index (κ3) is 4.69. The molecule has 0 fully saturated rings. The summed E-state index contributed by atoms with van der Waals surface area (Å²) in [5.41, 5.74) is 1.80. The molecular weight excluding hydrogens is 398 g/mol. The summed E-state index contributed by atoms with van der Waals surface area (Å²) in [7, 11) is 0. The Balaban J connectivity index is 1.83. The van der Waals surface area contributed by atoms with E-state index in [4.69, 9.17) is 16.3 Å². The summed E-state index contributed by atoms with van der Waals surface area (Å²) in [6, 6.07) is 15.0. The second-order valence-electron chi connectivity index (χ2n) is 6.31. The molecule has 0 N–H and O–H groups in total. The van der Waals surface area contributed by atoms with Gasteiger partial charge in [0.2, 0.25) is 0 Å². The van der Waals surface area contributed by atoms with Crippen LogP contribution < -0.4 is 0 Å². The fourth-order valence-electron chi connectivity index (χ4n) is 2.93. The van der Waals surface area contributed by atoms with Gasteiger partial charge in [0.05, 0.1) is 17.7 Å². The summed E-state index contributed by atoms with van der Waals surface area (Å²) in [5, 5.41) is 0.454. The Morgan fingerprint density at radius 2 is 1.62 bits per heavy atom. The summed E-state index contributed by atoms with van der Waals surface area (Å²) in [5.74, 6) is -2.85. The van der Waals surface area contributed by atoms with E-state index >= 15 is 0 Å². The van der Waals surface area contributed by atoms with Gasteiger partial charge in [-0.2, -0.15) is 0 Å². The average Bonchev–Trinajstić information content (AvgIpc) is 2.69. The van der Waals surface area contributed by atoms with Gasteiger partial charge in [0, 0.05) is 17.0 Å². The average molecular weight is 415 g/mol. The zero-order valence-electron chi connectivity index (χ0n) is 15.5. The van der Waals surface area contributed by atoms with E-state index in [2.05, 4.69) is 0 Å². The zero-order valence-corrected chi connectivity index (χ0v) is 16.3. The number of rotatable bonds is 6. The molecule has 0 amide bonds. The van der Waals surface area contributed by atoms with Gasteiger partial charge >= 0.3 is 5.97 Å². The molecular formula is C23H17ClF2O3. The largest absolute Gasteiger partial charge is 0.462 e. The van der Waals surface area contributed by atoms with Gasteiger partial charge in [-0.3, -0.25) is 4.79 Å². The summed E-state index contributed by atoms with van der Waals surface area (Å²) in [6.45, 7) is 1.99. The smallest absolute Gasteiger partial charge is 0.338 e. The quantitative estimate of drug-likeness (QED) is 0.373. The maximum atomic E-state index is 13.8. The van der Waals surface area contributed by atoms with Crippen LogP contribution in [0.1, 0.15) is 33.2 Å². The van der Waals surface area contributed by atoms with E-state index in [9.17, 15) is 18.4 Å². The van der Waals surface area contributed by atoms with Crippen molar-refractivity contribution in [3.63, 3.8) is 0 Å². The molecule has 0 unspecified atom stereocenters. The molecule has 0 aliphatic rings. The van der Waals surface area contributed by atoms with Crippen LogP contribution in [0.3, 0.4) is 0 Å². The van der Waals surface area contributed by atoms with E-state index in [0.717, 1.165) is 17.7 Å². The lowest BCUT2D eigenvalue weighted by molar-refractivity contribution is 0.0526. The highest BCUT2D eigenvalue weighted by Crippen LogP contribution is 2.29. The van der Waals surface area contributed by atoms with Gasteiger partial charge in [-0.1, -0.05) is 41.9 Å². The number of carbonyl (C=O) groups excluding carboxylic acids is 2. The number of hydrogen-bond donors (Lipinski definition) is 0. The molecule has 3 aromatic rings. The molecule has 0 bridgehead atoms. The third-order valence-corrected chi connectivity index (χ3v) is 4.68. The summed E-state index contributed by atoms with van der Waals surface area (Å²) in [6.07, 6.45) is -0.144. The summed E-state index contributed by atoms with van der Waals surface area (Å²) in [4.78, 5) is 24.2. The standard InChI is InChI=1S/C23H17ClF2O3/c1-2-29-23(28)16-10-11-18(24)17(13-16)15-8-6-14(7-9-15)12-21(27)22-19(25)4-3-5-20(22)26/h3-11,13H,2,12H2,1H3. The second-order valence-corrected chi connectivity index (χ2v) is 6.72. The van der Waals surface area contributed by atoms with Crippen LogP contribution in [0, 0.1) is 11.6 Å². The number of carbonyl (C=O) groups is 2. The molecule has 0 radical (unpaired) electrons. The normalized spacial score (nSPS) is 10.6. The van der Waals surface area contributed by atoms with Gasteiger partial charge in [-0.25, -0.2) is 13.6 Å². The zero-order chi connectivity index (χ0) is 21.0. The fourth-order valence-corrected chi connectivity index (χ4v) is 3.15. The van der Waals surface area contributed by atoms with Crippen LogP contribution >= 0.6 is 11.6 Å². The van der Waals surface area contributed by atoms with Crippen LogP contribution in [0.2, 0.25) is 5.02 Å². The highest BCUT2D eigenvalue weighted by molar-refractivity contribution is 6.33. The second kappa shape index (κ2) is 8.97. The first-order chi connectivity index (χ1) is 13.9. The number of ketones is 1. The molecule has 3 rings (SSSR count). The Hall–Kier alpha value is -3.05. The molecule has 0 spiro atoms. The number of benzene rings is 3. The SMILES string of the molecule is CCOC(=O)c1ccc(Cl)c(-c2ccc(CC(=O)c3c(F)cccc3F)cc2)c1. The van der Waals surface area contributed by atoms with Crippen LogP contribution in [-0.4, -0.2) is 18.4 Å². The Bertz CT molecular complexity index is 1040. The third-order valence-electron chi connectivity index (χ3n) is 4.35. The maximum absolute atomic E-state index is 13.8. The molecule has 0 heterocycles. The summed E-state index contributed by atoms with van der Waals surface area (Å²) >= 11 is 6.26. The van der Waals surface area contributed by atoms with E-state index in [0.29, 0.717) is 21.7 Å². The first kappa shape index (κ1) is 20.7. The minimum Gasteiger partial charge on any atom is -0.462 e. The molecule has 0 aliphatic carbocycles. The number of esters is 1. The first-order valence-corrected chi connectivity index (χ1v) is 9.31. The monoisotopic (exact) mass is 414 g/mol. The van der Waals surface area contributed by atoms with E-state index in [-0.39, 0.29) is 13.0 Å². The van der Waals surface area contributed by atoms with Crippen LogP contribution in [0.5, 0.6) is 0 Å². The van der Waals surface area contributed by atoms with Crippen molar-refractivity contribution >= 4 is 23.4 Å². The van der Waals surface area contributed by atoms with Crippen LogP contribution in [0.15, 0.2) is 60.7 Å². The first-order valence-electron chi connectivity index (χ1n) is 8.94. The van der Waals surface area contributed by atoms with Crippen LogP contribution in [0.25, 0.3) is 11.1 Å². The van der Waals surface area contributed by atoms with Gasteiger partial charge < -0.3 is 4.74 Å². The number of Topliss-reactive ketones (excluding diaryl/α,β-unsaturated/α-hetero) is 1. The van der Waals surface area contributed by atoms with E-state index in [1.165, 1.54) is 6.07 Å². The maximum Gasteiger partial charge on any atom is 0.338 e. The van der Waals surface area contributed by atoms with Gasteiger partial charge in [-0.05, 0) is 48.4 Å². The lowest BCUT2D eigenvalue weighted by Crippen LogP contribution is -2.09. The Morgan fingerprint density at radius 3 is 2.24 bits per heavy atom. The van der Waals surface area contributed by atoms with E-state index in [1.54, 1.807) is 49.4 Å². The van der Waals surface area contributed by atoms with Crippen molar-refractivity contribution in [2.75, 3.05) is 6.61 Å². The molecule has 0 saturated carbocycles. The molecule has 0 saturated heterocycles. The molecule has 148 valence electrons. The van der Waals surface area contributed by atoms with Crippen molar-refractivity contribution in [2.24, 2.45) is 0 Å². The van der Waals surface area contributed by atoms with E-state index in [1.807, 2.05) is 0 Å². The topological polar surface area (TPSA) is 43.4 Å². The van der Waals surface area contributed by atoms with Gasteiger partial charge in [0.1, 0.15) is 11.6 Å². The molecule has 3 nitrogen and oxygen atoms in total. The van der Waals surface area contributed by atoms with Crippen molar-refractivity contribution in [2.45, 2.75) is 13.3 Å². The molecule has 3 aromatic carbocycles. The number of halogens is 3. The molecule has 6 heteroatoms. The number of hydrogen-bond acceptors (Lipinski definition) is 3. The van der Waals surface area contributed by atoms with Crippen molar-refractivity contribution in [1.29, 1.82) is 0 Å². The highest BCUT2D eigenvalue weighted by atomic mass is 35.5. The van der Waals surface area contributed by atoms with Gasteiger partial charge in [-0.15, -0.1) is 0 Å². The van der Waals surface area contributed by atoms with Crippen LogP contribution in [-0.2, 0) is 11.2 Å². The molecule has 0 atom stereocenters. The Labute approximate surface area is 171 Å². The van der Waals surface area contributed by atoms with Crippen LogP contribution in [0.4, 0.5) is 8.78 Å². The van der Waals surface area contributed by atoms with Gasteiger partial charge in [0.15, 0.2) is 5.78 Å². The minimum absolute atomic E-state index is 0.144. The molecule has 29 heavy (non-hydrogen) atoms. The molecule has 0 aliphatic heterocycles. The Morgan fingerprint density at radius 1 is 0.966 bits per heavy atom. The van der Waals surface area contributed by atoms with Crippen molar-refractivity contribution in [1.82, 2.24) is 0 Å².